The van der Waals surface area contributed by atoms with Gasteiger partial charge in [-0.3, -0.25) is 19.2 Å². The van der Waals surface area contributed by atoms with E-state index in [2.05, 4.69) is 75.6 Å². The molecule has 0 aliphatic heterocycles. The number of nitrogens with one attached hydrogen (secondary N) is 4. The van der Waals surface area contributed by atoms with E-state index in [9.17, 15) is 19.2 Å². The molecule has 0 aliphatic carbocycles. The second-order valence-electron chi connectivity index (χ2n) is 10.9. The number of hydrogen-bond donors (Lipinski definition) is 4. The minimum Gasteiger partial charge on any atom is -0.502 e. The predicted octanol–water partition coefficient (Wildman–Crippen LogP) is 7.26. The van der Waals surface area contributed by atoms with E-state index in [4.69, 9.17) is 9.47 Å². The molecule has 4 amide bonds. The lowest BCUT2D eigenvalue weighted by molar-refractivity contribution is -0.126. The number of ether oxygens (including phenoxy) is 2. The summed E-state index contributed by atoms with van der Waals surface area (Å²) >= 11 is 0. The highest BCUT2D eigenvalue weighted by Crippen LogP contribution is 2.13. The molecule has 3 atom stereocenters. The van der Waals surface area contributed by atoms with Gasteiger partial charge in [0.25, 0.3) is 0 Å². The Balaban J connectivity index is -0.000000168. The zero-order chi connectivity index (χ0) is 38.0. The summed E-state index contributed by atoms with van der Waals surface area (Å²) in [7, 11) is 0. The third-order valence-electron chi connectivity index (χ3n) is 6.15. The molecule has 0 fully saturated rings. The maximum Gasteiger partial charge on any atom is 0.243 e. The topological polar surface area (TPSA) is 135 Å². The molecule has 0 rings (SSSR count). The second-order valence-corrected chi connectivity index (χ2v) is 10.9. The molecular weight excluding hydrogens is 608 g/mol. The van der Waals surface area contributed by atoms with Crippen molar-refractivity contribution in [2.75, 3.05) is 39.4 Å². The lowest BCUT2D eigenvalue weighted by Crippen LogP contribution is -2.33. The normalized spacial score (nSPS) is 11.1. The van der Waals surface area contributed by atoms with Gasteiger partial charge in [0.05, 0.1) is 19.0 Å². The molecule has 0 heterocycles. The molecule has 0 aromatic carbocycles. The summed E-state index contributed by atoms with van der Waals surface area (Å²) in [5.74, 6) is 0.448. The third-order valence-corrected chi connectivity index (χ3v) is 6.15. The zero-order valence-electron chi connectivity index (χ0n) is 32.6. The molecule has 0 saturated carbocycles. The summed E-state index contributed by atoms with van der Waals surface area (Å²) in [4.78, 5) is 43.5. The lowest BCUT2D eigenvalue weighted by atomic mass is 9.98. The van der Waals surface area contributed by atoms with Gasteiger partial charge in [0.2, 0.25) is 23.6 Å². The van der Waals surface area contributed by atoms with E-state index in [0.29, 0.717) is 0 Å². The highest BCUT2D eigenvalue weighted by Gasteiger charge is 2.19. The first kappa shape index (κ1) is 54.3. The van der Waals surface area contributed by atoms with Crippen molar-refractivity contribution < 1.29 is 28.7 Å². The van der Waals surface area contributed by atoms with Crippen molar-refractivity contribution in [1.82, 2.24) is 21.3 Å². The first-order valence-electron chi connectivity index (χ1n) is 18.1. The van der Waals surface area contributed by atoms with Gasteiger partial charge in [0.15, 0.2) is 0 Å². The van der Waals surface area contributed by atoms with Crippen LogP contribution in [0, 0.1) is 11.8 Å². The maximum absolute atomic E-state index is 11.8. The fourth-order valence-corrected chi connectivity index (χ4v) is 3.09. The summed E-state index contributed by atoms with van der Waals surface area (Å²) in [5, 5.41) is 11.0. The molecule has 0 radical (unpaired) electrons. The average Bonchev–Trinajstić information content (AvgIpc) is 3.11. The van der Waals surface area contributed by atoms with Gasteiger partial charge in [0, 0.05) is 44.6 Å². The molecule has 0 aromatic rings. The number of amides is 4. The van der Waals surface area contributed by atoms with Crippen molar-refractivity contribution in [3.8, 4) is 0 Å². The first-order valence-corrected chi connectivity index (χ1v) is 18.1. The Labute approximate surface area is 295 Å². The summed E-state index contributed by atoms with van der Waals surface area (Å²) in [5.41, 5.74) is 0. The van der Waals surface area contributed by atoms with Crippen LogP contribution in [0.3, 0.4) is 0 Å². The fourth-order valence-electron chi connectivity index (χ4n) is 3.09. The van der Waals surface area contributed by atoms with Crippen molar-refractivity contribution in [2.45, 2.75) is 133 Å². The van der Waals surface area contributed by atoms with Crippen molar-refractivity contribution >= 4 is 23.6 Å². The van der Waals surface area contributed by atoms with E-state index < -0.39 is 0 Å². The van der Waals surface area contributed by atoms with E-state index in [-0.39, 0.29) is 41.6 Å². The summed E-state index contributed by atoms with van der Waals surface area (Å²) in [6.07, 6.45) is 12.9. The number of carbonyl (C=O) groups is 4. The molecule has 10 nitrogen and oxygen atoms in total. The Bertz CT molecular complexity index is 752. The largest absolute Gasteiger partial charge is 0.502 e. The van der Waals surface area contributed by atoms with Gasteiger partial charge >= 0.3 is 0 Å². The highest BCUT2D eigenvalue weighted by molar-refractivity contribution is 5.87. The molecule has 48 heavy (non-hydrogen) atoms. The van der Waals surface area contributed by atoms with Crippen molar-refractivity contribution in [1.29, 1.82) is 0 Å². The van der Waals surface area contributed by atoms with E-state index in [1.54, 1.807) is 0 Å². The molecule has 0 bridgehead atoms. The van der Waals surface area contributed by atoms with Crippen LogP contribution in [0.5, 0.6) is 0 Å². The predicted molar refractivity (Wildman–Crippen MR) is 204 cm³/mol. The number of hydrogen-bond acceptors (Lipinski definition) is 6. The standard InChI is InChI=1S/C13H27NO2.C8H17NO.2C6H11NO.C5H10O/c1-5-8-14-13(15)12(7-3)10-11(4)16-9-6-2;1-4-6-9-8(10)7(3)5-2;2*1-3-5-7-6(8)4-2;1-3-5-6-4-2/h11-12H,5-10H2,1-4H3,(H,14,15);7H,4-6H2,1-3H3,(H,9,10);2*4H,2-3,5H2,1H3,(H,7,8);4H,2-3,5H2,1H3. The molecule has 0 aromatic heterocycles. The highest BCUT2D eigenvalue weighted by atomic mass is 16.5. The minimum atomic E-state index is -0.0909. The van der Waals surface area contributed by atoms with Gasteiger partial charge in [-0.25, -0.2) is 0 Å². The monoisotopic (exact) mass is 685 g/mol. The van der Waals surface area contributed by atoms with Crippen LogP contribution in [0.1, 0.15) is 127 Å². The lowest BCUT2D eigenvalue weighted by Gasteiger charge is -2.19. The molecular formula is C38H76N4O6. The van der Waals surface area contributed by atoms with Crippen molar-refractivity contribution in [3.63, 3.8) is 0 Å². The molecule has 10 heteroatoms. The quantitative estimate of drug-likeness (QED) is 0.0539. The molecule has 4 N–H and O–H groups in total. The van der Waals surface area contributed by atoms with Crippen LogP contribution < -0.4 is 21.3 Å². The van der Waals surface area contributed by atoms with Crippen molar-refractivity contribution in [3.05, 3.63) is 38.2 Å². The maximum atomic E-state index is 11.8. The third kappa shape index (κ3) is 47.3. The molecule has 0 saturated heterocycles. The summed E-state index contributed by atoms with van der Waals surface area (Å²) in [6.45, 7) is 35.0. The minimum absolute atomic E-state index is 0.0909. The van der Waals surface area contributed by atoms with Crippen molar-refractivity contribution in [2.24, 2.45) is 11.8 Å². The Morgan fingerprint density at radius 3 is 1.31 bits per heavy atom. The number of rotatable bonds is 22. The Morgan fingerprint density at radius 1 is 0.583 bits per heavy atom. The molecule has 0 spiro atoms. The number of carbonyl (C=O) groups excluding carboxylic acids is 4. The van der Waals surface area contributed by atoms with Gasteiger partial charge in [0.1, 0.15) is 0 Å². The van der Waals surface area contributed by atoms with Crippen LogP contribution >= 0.6 is 0 Å². The van der Waals surface area contributed by atoms with Gasteiger partial charge in [-0.1, -0.05) is 82.1 Å². The van der Waals surface area contributed by atoms with Crippen LogP contribution in [0.25, 0.3) is 0 Å². The molecule has 3 unspecified atom stereocenters. The Kier molecular flexibility index (Phi) is 52.0. The van der Waals surface area contributed by atoms with E-state index in [1.165, 1.54) is 18.4 Å². The SMILES string of the molecule is C=CC(=O)NCCC.C=CC(=O)NCCC.C=COCCC.CCCNC(=O)C(C)CC.CCCNC(=O)C(CC)CC(C)OCCC. The van der Waals surface area contributed by atoms with Crippen LogP contribution in [-0.4, -0.2) is 69.1 Å². The van der Waals surface area contributed by atoms with Gasteiger partial charge in [-0.05, 0) is 76.9 Å². The van der Waals surface area contributed by atoms with Crippen LogP contribution in [0.2, 0.25) is 0 Å². The summed E-state index contributed by atoms with van der Waals surface area (Å²) in [6, 6.07) is 0. The Morgan fingerprint density at radius 2 is 1.00 bits per heavy atom. The molecule has 0 aliphatic rings. The smallest absolute Gasteiger partial charge is 0.243 e. The van der Waals surface area contributed by atoms with E-state index in [1.807, 2.05) is 34.6 Å². The van der Waals surface area contributed by atoms with Gasteiger partial charge in [-0.15, -0.1) is 0 Å². The Hall–Kier alpha value is -3.14. The van der Waals surface area contributed by atoms with Crippen LogP contribution in [-0.2, 0) is 28.7 Å². The average molecular weight is 685 g/mol. The van der Waals surface area contributed by atoms with E-state index in [0.717, 1.165) is 97.2 Å². The van der Waals surface area contributed by atoms with Gasteiger partial charge in [-0.2, -0.15) is 0 Å². The second kappa shape index (κ2) is 46.0. The first-order chi connectivity index (χ1) is 22.9. The van der Waals surface area contributed by atoms with Crippen LogP contribution in [0.15, 0.2) is 38.2 Å². The van der Waals surface area contributed by atoms with Gasteiger partial charge < -0.3 is 30.7 Å². The zero-order valence-corrected chi connectivity index (χ0v) is 32.6. The fraction of sp³-hybridized carbons (Fsp3) is 0.737. The van der Waals surface area contributed by atoms with Crippen LogP contribution in [0.4, 0.5) is 0 Å². The van der Waals surface area contributed by atoms with E-state index >= 15 is 0 Å². The molecule has 284 valence electrons. The summed E-state index contributed by atoms with van der Waals surface area (Å²) < 4.78 is 10.3.